The van der Waals surface area contributed by atoms with Crippen LogP contribution in [0.25, 0.3) is 49.2 Å². The minimum atomic E-state index is 0.0656. The van der Waals surface area contributed by atoms with Crippen molar-refractivity contribution in [2.45, 2.75) is 0 Å². The fraction of sp³-hybridized carbons (Fsp3) is 0. The molecule has 6 aromatic rings. The van der Waals surface area contributed by atoms with Gasteiger partial charge < -0.3 is 4.40 Å². The van der Waals surface area contributed by atoms with Gasteiger partial charge in [-0.05, 0) is 41.5 Å². The lowest BCUT2D eigenvalue weighted by Gasteiger charge is -2.07. The van der Waals surface area contributed by atoms with E-state index in [1.165, 1.54) is 0 Å². The van der Waals surface area contributed by atoms with Gasteiger partial charge in [-0.15, -0.1) is 0 Å². The SMILES string of the molecule is O=c1ccc2cc3cnccc3n3c4cc(-c5ccccc5)ccc4c1c23. The molecule has 0 saturated heterocycles. The summed E-state index contributed by atoms with van der Waals surface area (Å²) in [5.41, 5.74) is 5.47. The third-order valence-corrected chi connectivity index (χ3v) is 5.39. The highest BCUT2D eigenvalue weighted by Crippen LogP contribution is 2.35. The Kier molecular flexibility index (Phi) is 2.75. The minimum absolute atomic E-state index is 0.0656. The van der Waals surface area contributed by atoms with Crippen LogP contribution in [0.5, 0.6) is 0 Å². The van der Waals surface area contributed by atoms with Crippen LogP contribution in [-0.4, -0.2) is 9.38 Å². The molecule has 3 heterocycles. The van der Waals surface area contributed by atoms with E-state index in [2.05, 4.69) is 45.8 Å². The lowest BCUT2D eigenvalue weighted by Crippen LogP contribution is -1.99. The van der Waals surface area contributed by atoms with Crippen LogP contribution in [0.2, 0.25) is 0 Å². The van der Waals surface area contributed by atoms with Gasteiger partial charge in [-0.3, -0.25) is 9.78 Å². The van der Waals surface area contributed by atoms with Crippen LogP contribution >= 0.6 is 0 Å². The summed E-state index contributed by atoms with van der Waals surface area (Å²) < 4.78 is 2.21. The Morgan fingerprint density at radius 1 is 0.741 bits per heavy atom. The van der Waals surface area contributed by atoms with Gasteiger partial charge in [0.2, 0.25) is 0 Å². The van der Waals surface area contributed by atoms with Crippen LogP contribution in [0.4, 0.5) is 0 Å². The van der Waals surface area contributed by atoms with E-state index in [0.717, 1.165) is 49.2 Å². The summed E-state index contributed by atoms with van der Waals surface area (Å²) in [4.78, 5) is 17.0. The van der Waals surface area contributed by atoms with Crippen molar-refractivity contribution >= 4 is 38.1 Å². The second kappa shape index (κ2) is 5.15. The second-order valence-corrected chi connectivity index (χ2v) is 6.89. The average Bonchev–Trinajstić information content (AvgIpc) is 3.07. The van der Waals surface area contributed by atoms with Crippen molar-refractivity contribution in [3.05, 3.63) is 95.4 Å². The molecule has 6 rings (SSSR count). The van der Waals surface area contributed by atoms with Crippen molar-refractivity contribution in [3.63, 3.8) is 0 Å². The highest BCUT2D eigenvalue weighted by molar-refractivity contribution is 6.17. The fourth-order valence-electron chi connectivity index (χ4n) is 4.20. The number of pyridine rings is 2. The molecule has 0 unspecified atom stereocenters. The van der Waals surface area contributed by atoms with Crippen molar-refractivity contribution in [1.82, 2.24) is 9.38 Å². The van der Waals surface area contributed by atoms with Crippen LogP contribution in [0.3, 0.4) is 0 Å². The zero-order chi connectivity index (χ0) is 18.0. The number of benzene rings is 3. The quantitative estimate of drug-likeness (QED) is 0.381. The molecule has 27 heavy (non-hydrogen) atoms. The van der Waals surface area contributed by atoms with E-state index >= 15 is 0 Å². The summed E-state index contributed by atoms with van der Waals surface area (Å²) in [5, 5.41) is 3.91. The number of fused-ring (bicyclic) bond motifs is 5. The highest BCUT2D eigenvalue weighted by atomic mass is 16.1. The summed E-state index contributed by atoms with van der Waals surface area (Å²) in [6.45, 7) is 0. The predicted molar refractivity (Wildman–Crippen MR) is 111 cm³/mol. The molecule has 0 aliphatic carbocycles. The van der Waals surface area contributed by atoms with Gasteiger partial charge in [0.1, 0.15) is 0 Å². The first-order valence-electron chi connectivity index (χ1n) is 8.94. The molecule has 3 nitrogen and oxygen atoms in total. The average molecular weight is 346 g/mol. The van der Waals surface area contributed by atoms with E-state index in [1.54, 1.807) is 12.3 Å². The van der Waals surface area contributed by atoms with E-state index in [0.29, 0.717) is 0 Å². The summed E-state index contributed by atoms with van der Waals surface area (Å²) >= 11 is 0. The topological polar surface area (TPSA) is 34.4 Å². The number of rotatable bonds is 1. The molecule has 0 aliphatic rings. The van der Waals surface area contributed by atoms with Crippen LogP contribution < -0.4 is 5.43 Å². The second-order valence-electron chi connectivity index (χ2n) is 6.89. The minimum Gasteiger partial charge on any atom is -0.308 e. The van der Waals surface area contributed by atoms with Gasteiger partial charge in [0.05, 0.1) is 21.9 Å². The zero-order valence-corrected chi connectivity index (χ0v) is 14.4. The van der Waals surface area contributed by atoms with Gasteiger partial charge in [0, 0.05) is 28.6 Å². The Balaban J connectivity index is 1.90. The Bertz CT molecular complexity index is 1530. The molecule has 0 N–H and O–H groups in total. The molecule has 0 fully saturated rings. The van der Waals surface area contributed by atoms with Crippen molar-refractivity contribution in [1.29, 1.82) is 0 Å². The van der Waals surface area contributed by atoms with Crippen LogP contribution in [0, 0.1) is 0 Å². The van der Waals surface area contributed by atoms with Crippen molar-refractivity contribution in [3.8, 4) is 11.1 Å². The smallest absolute Gasteiger partial charge is 0.188 e. The molecule has 0 bridgehead atoms. The molecular weight excluding hydrogens is 332 g/mol. The van der Waals surface area contributed by atoms with Gasteiger partial charge in [0.15, 0.2) is 5.43 Å². The third-order valence-electron chi connectivity index (χ3n) is 5.39. The van der Waals surface area contributed by atoms with Crippen LogP contribution in [-0.2, 0) is 0 Å². The maximum atomic E-state index is 12.7. The number of aromatic nitrogens is 2. The Labute approximate surface area is 154 Å². The number of hydrogen-bond acceptors (Lipinski definition) is 2. The number of hydrogen-bond donors (Lipinski definition) is 0. The molecular formula is C24H14N2O. The molecule has 0 amide bonds. The molecule has 0 radical (unpaired) electrons. The normalized spacial score (nSPS) is 11.9. The molecule has 3 aromatic heterocycles. The Hall–Kier alpha value is -3.72. The van der Waals surface area contributed by atoms with Gasteiger partial charge in [-0.25, -0.2) is 0 Å². The zero-order valence-electron chi connectivity index (χ0n) is 14.4. The monoisotopic (exact) mass is 346 g/mol. The standard InChI is InChI=1S/C24H14N2O/c27-22-9-7-17-12-18-14-25-11-10-20(18)26-21-13-16(15-4-2-1-3-5-15)6-8-19(21)23(22)24(17)26/h1-14H. The highest BCUT2D eigenvalue weighted by Gasteiger charge is 2.16. The first-order chi connectivity index (χ1) is 13.3. The van der Waals surface area contributed by atoms with Gasteiger partial charge in [-0.1, -0.05) is 42.5 Å². The van der Waals surface area contributed by atoms with Gasteiger partial charge >= 0.3 is 0 Å². The van der Waals surface area contributed by atoms with Gasteiger partial charge in [0.25, 0.3) is 0 Å². The van der Waals surface area contributed by atoms with E-state index in [9.17, 15) is 4.79 Å². The van der Waals surface area contributed by atoms with Crippen molar-refractivity contribution in [2.75, 3.05) is 0 Å². The maximum absolute atomic E-state index is 12.7. The first kappa shape index (κ1) is 14.4. The molecule has 0 saturated carbocycles. The van der Waals surface area contributed by atoms with E-state index in [1.807, 2.05) is 36.5 Å². The first-order valence-corrected chi connectivity index (χ1v) is 8.94. The van der Waals surface area contributed by atoms with E-state index in [4.69, 9.17) is 0 Å². The lowest BCUT2D eigenvalue weighted by atomic mass is 10.0. The third kappa shape index (κ3) is 1.91. The summed E-state index contributed by atoms with van der Waals surface area (Å²) in [7, 11) is 0. The summed E-state index contributed by atoms with van der Waals surface area (Å²) in [5.74, 6) is 0. The van der Waals surface area contributed by atoms with Gasteiger partial charge in [-0.2, -0.15) is 0 Å². The molecule has 3 heteroatoms. The Morgan fingerprint density at radius 2 is 1.63 bits per heavy atom. The van der Waals surface area contributed by atoms with Crippen molar-refractivity contribution in [2.24, 2.45) is 0 Å². The Morgan fingerprint density at radius 3 is 2.52 bits per heavy atom. The maximum Gasteiger partial charge on any atom is 0.188 e. The lowest BCUT2D eigenvalue weighted by molar-refractivity contribution is 1.30. The van der Waals surface area contributed by atoms with Crippen LogP contribution in [0.1, 0.15) is 0 Å². The number of nitrogens with zero attached hydrogens (tertiary/aromatic N) is 2. The molecule has 0 aliphatic heterocycles. The largest absolute Gasteiger partial charge is 0.308 e. The predicted octanol–water partition coefficient (Wildman–Crippen LogP) is 5.26. The van der Waals surface area contributed by atoms with Crippen molar-refractivity contribution < 1.29 is 0 Å². The van der Waals surface area contributed by atoms with E-state index < -0.39 is 0 Å². The van der Waals surface area contributed by atoms with E-state index in [-0.39, 0.29) is 5.43 Å². The summed E-state index contributed by atoms with van der Waals surface area (Å²) in [6, 6.07) is 24.4. The summed E-state index contributed by atoms with van der Waals surface area (Å²) in [6.07, 6.45) is 3.68. The molecule has 0 spiro atoms. The fourth-order valence-corrected chi connectivity index (χ4v) is 4.20. The van der Waals surface area contributed by atoms with Crippen LogP contribution in [0.15, 0.2) is 90.0 Å². The molecule has 0 atom stereocenters. The molecule has 3 aromatic carbocycles. The molecule has 126 valence electrons.